The Morgan fingerprint density at radius 3 is 2.44 bits per heavy atom. The molecular weight excluding hydrogens is 348 g/mol. The summed E-state index contributed by atoms with van der Waals surface area (Å²) in [5.41, 5.74) is 7.22. The fourth-order valence-electron chi connectivity index (χ4n) is 2.34. The van der Waals surface area contributed by atoms with Crippen LogP contribution in [0.5, 0.6) is 5.75 Å². The number of amides is 2. The summed E-state index contributed by atoms with van der Waals surface area (Å²) >= 11 is 0. The number of hydrogen-bond donors (Lipinski definition) is 2. The van der Waals surface area contributed by atoms with Gasteiger partial charge in [0.1, 0.15) is 12.3 Å². The van der Waals surface area contributed by atoms with Crippen LogP contribution in [0.15, 0.2) is 48.5 Å². The number of hydrogen-bond acceptors (Lipinski definition) is 6. The summed E-state index contributed by atoms with van der Waals surface area (Å²) in [6.45, 7) is 0.335. The first-order valence-corrected chi connectivity index (χ1v) is 8.13. The molecule has 0 saturated heterocycles. The van der Waals surface area contributed by atoms with Crippen molar-refractivity contribution in [2.75, 3.05) is 7.11 Å². The van der Waals surface area contributed by atoms with Gasteiger partial charge in [-0.05, 0) is 35.0 Å². The Labute approximate surface area is 155 Å². The molecule has 0 radical (unpaired) electrons. The lowest BCUT2D eigenvalue weighted by Crippen LogP contribution is -2.28. The quantitative estimate of drug-likeness (QED) is 0.636. The van der Waals surface area contributed by atoms with Gasteiger partial charge < -0.3 is 15.8 Å². The predicted molar refractivity (Wildman–Crippen MR) is 96.6 cm³/mol. The third-order valence-electron chi connectivity index (χ3n) is 3.81. The van der Waals surface area contributed by atoms with E-state index in [1.165, 1.54) is 4.80 Å². The Morgan fingerprint density at radius 2 is 1.81 bits per heavy atom. The molecule has 3 aromatic rings. The molecule has 2 aromatic carbocycles. The van der Waals surface area contributed by atoms with E-state index < -0.39 is 5.91 Å². The fourth-order valence-corrected chi connectivity index (χ4v) is 2.34. The lowest BCUT2D eigenvalue weighted by atomic mass is 10.1. The Hall–Kier alpha value is -3.75. The molecule has 0 spiro atoms. The van der Waals surface area contributed by atoms with Crippen molar-refractivity contribution < 1.29 is 14.3 Å². The summed E-state index contributed by atoms with van der Waals surface area (Å²) in [5.74, 6) is 0.368. The standard InChI is InChI=1S/C18H18N6O3/c1-27-15-8-2-12(3-9-15)10-20-16(25)11-24-22-18(21-23-24)14-6-4-13(5-7-14)17(19)26/h2-9H,10-11H2,1H3,(H2,19,26)(H,20,25). The molecule has 0 aliphatic carbocycles. The van der Waals surface area contributed by atoms with E-state index in [2.05, 4.69) is 20.7 Å². The van der Waals surface area contributed by atoms with Gasteiger partial charge in [-0.25, -0.2) is 0 Å². The number of carbonyl (C=O) groups is 2. The van der Waals surface area contributed by atoms with Crippen LogP contribution in [-0.2, 0) is 17.9 Å². The average molecular weight is 366 g/mol. The van der Waals surface area contributed by atoms with Crippen molar-refractivity contribution in [3.05, 3.63) is 59.7 Å². The van der Waals surface area contributed by atoms with Crippen molar-refractivity contribution in [3.8, 4) is 17.1 Å². The van der Waals surface area contributed by atoms with Gasteiger partial charge in [0.05, 0.1) is 7.11 Å². The van der Waals surface area contributed by atoms with Crippen LogP contribution < -0.4 is 15.8 Å². The van der Waals surface area contributed by atoms with Crippen molar-refractivity contribution in [2.45, 2.75) is 13.1 Å². The highest BCUT2D eigenvalue weighted by atomic mass is 16.5. The number of ether oxygens (including phenoxy) is 1. The molecule has 9 heteroatoms. The van der Waals surface area contributed by atoms with Gasteiger partial charge in [0.25, 0.3) is 0 Å². The number of nitrogens with one attached hydrogen (secondary N) is 1. The first-order chi connectivity index (χ1) is 13.0. The van der Waals surface area contributed by atoms with Gasteiger partial charge in [0.2, 0.25) is 17.6 Å². The maximum Gasteiger partial charge on any atom is 0.248 e. The number of carbonyl (C=O) groups excluding carboxylic acids is 2. The second-order valence-corrected chi connectivity index (χ2v) is 5.71. The van der Waals surface area contributed by atoms with E-state index in [0.717, 1.165) is 11.3 Å². The number of nitrogens with two attached hydrogens (primary N) is 1. The van der Waals surface area contributed by atoms with Gasteiger partial charge >= 0.3 is 0 Å². The molecule has 0 aliphatic rings. The number of rotatable bonds is 7. The second-order valence-electron chi connectivity index (χ2n) is 5.71. The van der Waals surface area contributed by atoms with Crippen LogP contribution in [0.4, 0.5) is 0 Å². The first kappa shape index (κ1) is 18.1. The molecule has 138 valence electrons. The predicted octanol–water partition coefficient (Wildman–Crippen LogP) is 0.764. The zero-order valence-corrected chi connectivity index (χ0v) is 14.6. The number of benzene rings is 2. The summed E-state index contributed by atoms with van der Waals surface area (Å²) in [4.78, 5) is 24.4. The smallest absolute Gasteiger partial charge is 0.248 e. The van der Waals surface area contributed by atoms with E-state index in [-0.39, 0.29) is 12.5 Å². The van der Waals surface area contributed by atoms with Crippen LogP contribution in [0.3, 0.4) is 0 Å². The summed E-state index contributed by atoms with van der Waals surface area (Å²) in [5, 5.41) is 14.8. The van der Waals surface area contributed by atoms with Crippen LogP contribution in [0, 0.1) is 0 Å². The summed E-state index contributed by atoms with van der Waals surface area (Å²) in [7, 11) is 1.60. The second kappa shape index (κ2) is 8.09. The lowest BCUT2D eigenvalue weighted by molar-refractivity contribution is -0.122. The molecule has 9 nitrogen and oxygen atoms in total. The highest BCUT2D eigenvalue weighted by molar-refractivity contribution is 5.93. The minimum Gasteiger partial charge on any atom is -0.497 e. The number of tetrazole rings is 1. The van der Waals surface area contributed by atoms with Gasteiger partial charge in [0, 0.05) is 17.7 Å². The molecule has 0 unspecified atom stereocenters. The Kier molecular flexibility index (Phi) is 5.41. The minimum absolute atomic E-state index is 0.0531. The number of aromatic nitrogens is 4. The van der Waals surface area contributed by atoms with Crippen molar-refractivity contribution in [3.63, 3.8) is 0 Å². The van der Waals surface area contributed by atoms with Crippen LogP contribution in [-0.4, -0.2) is 39.1 Å². The molecule has 0 aliphatic heterocycles. The van der Waals surface area contributed by atoms with Crippen LogP contribution in [0.2, 0.25) is 0 Å². The molecule has 0 fully saturated rings. The Balaban J connectivity index is 1.56. The molecule has 27 heavy (non-hydrogen) atoms. The van der Waals surface area contributed by atoms with E-state index >= 15 is 0 Å². The van der Waals surface area contributed by atoms with Crippen LogP contribution in [0.1, 0.15) is 15.9 Å². The highest BCUT2D eigenvalue weighted by Crippen LogP contribution is 2.14. The third-order valence-corrected chi connectivity index (χ3v) is 3.81. The van der Waals surface area contributed by atoms with E-state index in [9.17, 15) is 9.59 Å². The molecule has 3 N–H and O–H groups in total. The highest BCUT2D eigenvalue weighted by Gasteiger charge is 2.10. The third kappa shape index (κ3) is 4.66. The minimum atomic E-state index is -0.508. The normalized spacial score (nSPS) is 10.4. The zero-order valence-electron chi connectivity index (χ0n) is 14.6. The number of nitrogens with zero attached hydrogens (tertiary/aromatic N) is 4. The van der Waals surface area contributed by atoms with E-state index in [1.807, 2.05) is 24.3 Å². The van der Waals surface area contributed by atoms with E-state index in [4.69, 9.17) is 10.5 Å². The summed E-state index contributed by atoms with van der Waals surface area (Å²) in [6, 6.07) is 13.9. The molecule has 1 heterocycles. The summed E-state index contributed by atoms with van der Waals surface area (Å²) in [6.07, 6.45) is 0. The SMILES string of the molecule is COc1ccc(CNC(=O)Cn2nnc(-c3ccc(C(N)=O)cc3)n2)cc1. The first-order valence-electron chi connectivity index (χ1n) is 8.13. The largest absolute Gasteiger partial charge is 0.497 e. The van der Waals surface area contributed by atoms with Gasteiger partial charge in [0.15, 0.2) is 0 Å². The molecule has 0 saturated carbocycles. The van der Waals surface area contributed by atoms with Crippen molar-refractivity contribution >= 4 is 11.8 Å². The molecular formula is C18H18N6O3. The van der Waals surface area contributed by atoms with Crippen LogP contribution in [0.25, 0.3) is 11.4 Å². The van der Waals surface area contributed by atoms with Gasteiger partial charge in [-0.15, -0.1) is 10.2 Å². The molecule has 0 bridgehead atoms. The van der Waals surface area contributed by atoms with Crippen molar-refractivity contribution in [1.82, 2.24) is 25.5 Å². The molecule has 2 amide bonds. The fraction of sp³-hybridized carbons (Fsp3) is 0.167. The Bertz CT molecular complexity index is 934. The van der Waals surface area contributed by atoms with E-state index in [1.54, 1.807) is 31.4 Å². The number of methoxy groups -OCH3 is 1. The van der Waals surface area contributed by atoms with E-state index in [0.29, 0.717) is 23.5 Å². The Morgan fingerprint density at radius 1 is 1.11 bits per heavy atom. The van der Waals surface area contributed by atoms with Gasteiger partial charge in [-0.1, -0.05) is 24.3 Å². The number of primary amides is 1. The zero-order chi connectivity index (χ0) is 19.2. The lowest BCUT2D eigenvalue weighted by Gasteiger charge is -2.05. The molecule has 0 atom stereocenters. The monoisotopic (exact) mass is 366 g/mol. The average Bonchev–Trinajstić information content (AvgIpc) is 3.15. The van der Waals surface area contributed by atoms with Crippen molar-refractivity contribution in [1.29, 1.82) is 0 Å². The maximum absolute atomic E-state index is 12.1. The van der Waals surface area contributed by atoms with Crippen LogP contribution >= 0.6 is 0 Å². The van der Waals surface area contributed by atoms with Crippen molar-refractivity contribution in [2.24, 2.45) is 5.73 Å². The topological polar surface area (TPSA) is 125 Å². The molecule has 3 rings (SSSR count). The maximum atomic E-state index is 12.1. The van der Waals surface area contributed by atoms with Gasteiger partial charge in [-0.3, -0.25) is 9.59 Å². The van der Waals surface area contributed by atoms with Gasteiger partial charge in [-0.2, -0.15) is 4.80 Å². The summed E-state index contributed by atoms with van der Waals surface area (Å²) < 4.78 is 5.09. The molecule has 1 aromatic heterocycles.